The van der Waals surface area contributed by atoms with Crippen LogP contribution >= 0.6 is 0 Å². The summed E-state index contributed by atoms with van der Waals surface area (Å²) in [5.74, 6) is -1.16. The normalized spacial score (nSPS) is 23.4. The summed E-state index contributed by atoms with van der Waals surface area (Å²) >= 11 is 0. The summed E-state index contributed by atoms with van der Waals surface area (Å²) in [4.78, 5) is 12.9. The first-order valence-corrected chi connectivity index (χ1v) is 6.06. The molecule has 100 valence electrons. The molecule has 2 nitrogen and oxygen atoms in total. The molecule has 1 heterocycles. The summed E-state index contributed by atoms with van der Waals surface area (Å²) in [5.41, 5.74) is -0.426. The SMILES string of the molecule is CCC(C)(C=O)CN1CCC(C(F)(F)F)CC1. The van der Waals surface area contributed by atoms with E-state index in [1.165, 1.54) is 0 Å². The Balaban J connectivity index is 2.45. The molecule has 1 saturated heterocycles. The summed E-state index contributed by atoms with van der Waals surface area (Å²) < 4.78 is 37.4. The molecule has 0 spiro atoms. The third-order valence-corrected chi connectivity index (χ3v) is 3.73. The van der Waals surface area contributed by atoms with E-state index in [0.717, 1.165) is 12.7 Å². The number of hydrogen-bond donors (Lipinski definition) is 0. The number of rotatable bonds is 4. The van der Waals surface area contributed by atoms with Crippen molar-refractivity contribution in [1.29, 1.82) is 0 Å². The van der Waals surface area contributed by atoms with E-state index in [9.17, 15) is 18.0 Å². The van der Waals surface area contributed by atoms with Crippen LogP contribution in [0.3, 0.4) is 0 Å². The highest BCUT2D eigenvalue weighted by molar-refractivity contribution is 5.58. The quantitative estimate of drug-likeness (QED) is 0.716. The van der Waals surface area contributed by atoms with Gasteiger partial charge in [0.05, 0.1) is 5.92 Å². The minimum atomic E-state index is -4.06. The first-order valence-electron chi connectivity index (χ1n) is 6.06. The molecule has 0 aromatic heterocycles. The fraction of sp³-hybridized carbons (Fsp3) is 0.917. The molecule has 0 aromatic carbocycles. The summed E-state index contributed by atoms with van der Waals surface area (Å²) in [6.07, 6.45) is -2.12. The highest BCUT2D eigenvalue weighted by Crippen LogP contribution is 2.34. The Morgan fingerprint density at radius 1 is 1.29 bits per heavy atom. The molecule has 0 radical (unpaired) electrons. The molecule has 0 N–H and O–H groups in total. The van der Waals surface area contributed by atoms with E-state index in [2.05, 4.69) is 0 Å². The van der Waals surface area contributed by atoms with Crippen LogP contribution in [-0.4, -0.2) is 37.0 Å². The van der Waals surface area contributed by atoms with E-state index in [-0.39, 0.29) is 12.8 Å². The predicted octanol–water partition coefficient (Wildman–Crippen LogP) is 2.88. The summed E-state index contributed by atoms with van der Waals surface area (Å²) in [7, 11) is 0. The average Bonchev–Trinajstić information content (AvgIpc) is 2.28. The van der Waals surface area contributed by atoms with E-state index < -0.39 is 17.5 Å². The lowest BCUT2D eigenvalue weighted by molar-refractivity contribution is -0.185. The number of piperidine rings is 1. The zero-order valence-electron chi connectivity index (χ0n) is 10.4. The monoisotopic (exact) mass is 251 g/mol. The van der Waals surface area contributed by atoms with Gasteiger partial charge in [-0.15, -0.1) is 0 Å². The van der Waals surface area contributed by atoms with Crippen LogP contribution in [0.25, 0.3) is 0 Å². The van der Waals surface area contributed by atoms with Crippen LogP contribution in [-0.2, 0) is 4.79 Å². The Morgan fingerprint density at radius 3 is 2.18 bits per heavy atom. The molecule has 0 aliphatic carbocycles. The molecule has 1 rings (SSSR count). The van der Waals surface area contributed by atoms with Crippen molar-refractivity contribution in [2.24, 2.45) is 11.3 Å². The first kappa shape index (κ1) is 14.5. The van der Waals surface area contributed by atoms with Crippen molar-refractivity contribution in [2.45, 2.75) is 39.3 Å². The fourth-order valence-electron chi connectivity index (χ4n) is 2.16. The molecule has 1 fully saturated rings. The van der Waals surface area contributed by atoms with Crippen LogP contribution in [0.1, 0.15) is 33.1 Å². The van der Waals surface area contributed by atoms with Gasteiger partial charge in [-0.25, -0.2) is 0 Å². The molecule has 0 aromatic rings. The molecule has 0 amide bonds. The largest absolute Gasteiger partial charge is 0.391 e. The Kier molecular flexibility index (Phi) is 4.58. The molecule has 0 saturated carbocycles. The van der Waals surface area contributed by atoms with Gasteiger partial charge in [-0.2, -0.15) is 13.2 Å². The number of carbonyl (C=O) groups is 1. The van der Waals surface area contributed by atoms with Gasteiger partial charge < -0.3 is 9.69 Å². The van der Waals surface area contributed by atoms with Gasteiger partial charge in [0.1, 0.15) is 6.29 Å². The Labute approximate surface area is 100 Å². The lowest BCUT2D eigenvalue weighted by Gasteiger charge is -2.36. The highest BCUT2D eigenvalue weighted by atomic mass is 19.4. The van der Waals surface area contributed by atoms with Gasteiger partial charge in [-0.1, -0.05) is 13.8 Å². The number of halogens is 3. The van der Waals surface area contributed by atoms with Crippen molar-refractivity contribution in [2.75, 3.05) is 19.6 Å². The Bertz CT molecular complexity index is 259. The van der Waals surface area contributed by atoms with Crippen LogP contribution in [0.15, 0.2) is 0 Å². The van der Waals surface area contributed by atoms with Gasteiger partial charge in [-0.05, 0) is 32.4 Å². The van der Waals surface area contributed by atoms with Crippen molar-refractivity contribution >= 4 is 6.29 Å². The van der Waals surface area contributed by atoms with Crippen molar-refractivity contribution in [3.05, 3.63) is 0 Å². The zero-order chi connectivity index (χ0) is 13.1. The van der Waals surface area contributed by atoms with E-state index in [4.69, 9.17) is 0 Å². The minimum absolute atomic E-state index is 0.155. The number of nitrogens with zero attached hydrogens (tertiary/aromatic N) is 1. The van der Waals surface area contributed by atoms with Crippen molar-refractivity contribution in [3.8, 4) is 0 Å². The third-order valence-electron chi connectivity index (χ3n) is 3.73. The maximum atomic E-state index is 12.5. The maximum Gasteiger partial charge on any atom is 0.391 e. The number of alkyl halides is 3. The van der Waals surface area contributed by atoms with Gasteiger partial charge >= 0.3 is 6.18 Å². The van der Waals surface area contributed by atoms with Crippen LogP contribution in [0.2, 0.25) is 0 Å². The van der Waals surface area contributed by atoms with Crippen LogP contribution in [0.4, 0.5) is 13.2 Å². The Hall–Kier alpha value is -0.580. The molecule has 1 aliphatic heterocycles. The zero-order valence-corrected chi connectivity index (χ0v) is 10.4. The third kappa shape index (κ3) is 3.98. The number of aldehydes is 1. The van der Waals surface area contributed by atoms with Gasteiger partial charge in [0.25, 0.3) is 0 Å². The Morgan fingerprint density at radius 2 is 1.82 bits per heavy atom. The van der Waals surface area contributed by atoms with Gasteiger partial charge in [0, 0.05) is 12.0 Å². The van der Waals surface area contributed by atoms with Gasteiger partial charge in [0.15, 0.2) is 0 Å². The smallest absolute Gasteiger partial charge is 0.303 e. The molecule has 17 heavy (non-hydrogen) atoms. The van der Waals surface area contributed by atoms with E-state index in [1.54, 1.807) is 0 Å². The maximum absolute atomic E-state index is 12.5. The molecular formula is C12H20F3NO. The molecule has 0 bridgehead atoms. The van der Waals surface area contributed by atoms with Crippen LogP contribution < -0.4 is 0 Å². The first-order chi connectivity index (χ1) is 7.80. The fourth-order valence-corrected chi connectivity index (χ4v) is 2.16. The second kappa shape index (κ2) is 5.38. The number of hydrogen-bond acceptors (Lipinski definition) is 2. The topological polar surface area (TPSA) is 20.3 Å². The highest BCUT2D eigenvalue weighted by Gasteiger charge is 2.41. The lowest BCUT2D eigenvalue weighted by atomic mass is 9.87. The van der Waals surface area contributed by atoms with Crippen molar-refractivity contribution in [1.82, 2.24) is 4.90 Å². The van der Waals surface area contributed by atoms with Gasteiger partial charge in [0.2, 0.25) is 0 Å². The summed E-state index contributed by atoms with van der Waals surface area (Å²) in [6.45, 7) is 5.23. The number of likely N-dealkylation sites (tertiary alicyclic amines) is 1. The van der Waals surface area contributed by atoms with Crippen molar-refractivity contribution < 1.29 is 18.0 Å². The standard InChI is InChI=1S/C12H20F3NO/c1-3-11(2,9-17)8-16-6-4-10(5-7-16)12(13,14)15/h9-10H,3-8H2,1-2H3. The average molecular weight is 251 g/mol. The molecular weight excluding hydrogens is 231 g/mol. The predicted molar refractivity (Wildman–Crippen MR) is 59.7 cm³/mol. The van der Waals surface area contributed by atoms with E-state index in [1.807, 2.05) is 18.7 Å². The molecule has 5 heteroatoms. The van der Waals surface area contributed by atoms with Crippen molar-refractivity contribution in [3.63, 3.8) is 0 Å². The van der Waals surface area contributed by atoms with Crippen LogP contribution in [0, 0.1) is 11.3 Å². The molecule has 1 unspecified atom stereocenters. The minimum Gasteiger partial charge on any atom is -0.303 e. The summed E-state index contributed by atoms with van der Waals surface area (Å²) in [6, 6.07) is 0. The van der Waals surface area contributed by atoms with E-state index >= 15 is 0 Å². The molecule has 1 aliphatic rings. The molecule has 1 atom stereocenters. The van der Waals surface area contributed by atoms with Gasteiger partial charge in [-0.3, -0.25) is 0 Å². The lowest BCUT2D eigenvalue weighted by Crippen LogP contribution is -2.44. The summed E-state index contributed by atoms with van der Waals surface area (Å²) in [5, 5.41) is 0. The van der Waals surface area contributed by atoms with Crippen LogP contribution in [0.5, 0.6) is 0 Å². The number of carbonyl (C=O) groups excluding carboxylic acids is 1. The second-order valence-corrected chi connectivity index (χ2v) is 5.22. The second-order valence-electron chi connectivity index (χ2n) is 5.22. The van der Waals surface area contributed by atoms with E-state index in [0.29, 0.717) is 19.6 Å².